The molecule has 5 heteroatoms. The van der Waals surface area contributed by atoms with E-state index < -0.39 is 11.9 Å². The lowest BCUT2D eigenvalue weighted by Crippen LogP contribution is -2.48. The SMILES string of the molecule is CC1CN(C(=O)[C@@H]2CCCCN2)CC1C(=O)O. The van der Waals surface area contributed by atoms with Crippen molar-refractivity contribution in [3.63, 3.8) is 0 Å². The minimum absolute atomic E-state index is 0.0556. The van der Waals surface area contributed by atoms with Crippen LogP contribution in [0.1, 0.15) is 26.2 Å². The zero-order valence-electron chi connectivity index (χ0n) is 10.2. The average Bonchev–Trinajstić information content (AvgIpc) is 2.71. The van der Waals surface area contributed by atoms with Gasteiger partial charge in [0.15, 0.2) is 0 Å². The summed E-state index contributed by atoms with van der Waals surface area (Å²) >= 11 is 0. The molecule has 0 aliphatic carbocycles. The van der Waals surface area contributed by atoms with Crippen molar-refractivity contribution in [3.05, 3.63) is 0 Å². The van der Waals surface area contributed by atoms with Crippen LogP contribution in [0.4, 0.5) is 0 Å². The maximum Gasteiger partial charge on any atom is 0.308 e. The van der Waals surface area contributed by atoms with Crippen molar-refractivity contribution in [2.45, 2.75) is 32.2 Å². The van der Waals surface area contributed by atoms with Gasteiger partial charge in [0, 0.05) is 13.1 Å². The maximum absolute atomic E-state index is 12.2. The summed E-state index contributed by atoms with van der Waals surface area (Å²) in [4.78, 5) is 24.9. The first-order valence-electron chi connectivity index (χ1n) is 6.34. The highest BCUT2D eigenvalue weighted by Gasteiger charge is 2.38. The lowest BCUT2D eigenvalue weighted by atomic mass is 9.99. The minimum atomic E-state index is -0.788. The van der Waals surface area contributed by atoms with Crippen LogP contribution in [0.3, 0.4) is 0 Å². The fourth-order valence-corrected chi connectivity index (χ4v) is 2.75. The number of carboxylic acids is 1. The van der Waals surface area contributed by atoms with Gasteiger partial charge in [-0.1, -0.05) is 13.3 Å². The summed E-state index contributed by atoms with van der Waals surface area (Å²) in [7, 11) is 0. The summed E-state index contributed by atoms with van der Waals surface area (Å²) in [5.74, 6) is -1.05. The van der Waals surface area contributed by atoms with Gasteiger partial charge in [-0.25, -0.2) is 0 Å². The summed E-state index contributed by atoms with van der Waals surface area (Å²) in [5.41, 5.74) is 0. The standard InChI is InChI=1S/C12H20N2O3/c1-8-6-14(7-9(8)12(16)17)11(15)10-4-2-3-5-13-10/h8-10,13H,2-7H2,1H3,(H,16,17)/t8?,9?,10-/m0/s1. The molecule has 0 bridgehead atoms. The van der Waals surface area contributed by atoms with Gasteiger partial charge in [-0.2, -0.15) is 0 Å². The Bertz CT molecular complexity index is 313. The number of rotatable bonds is 2. The van der Waals surface area contributed by atoms with Crippen LogP contribution < -0.4 is 5.32 Å². The van der Waals surface area contributed by atoms with E-state index >= 15 is 0 Å². The van der Waals surface area contributed by atoms with Gasteiger partial charge in [0.05, 0.1) is 12.0 Å². The van der Waals surface area contributed by atoms with E-state index in [0.717, 1.165) is 25.8 Å². The second-order valence-corrected chi connectivity index (χ2v) is 5.17. The highest BCUT2D eigenvalue weighted by molar-refractivity contribution is 5.83. The molecule has 2 heterocycles. The molecule has 96 valence electrons. The molecule has 2 rings (SSSR count). The molecule has 17 heavy (non-hydrogen) atoms. The number of hydrogen-bond donors (Lipinski definition) is 2. The summed E-state index contributed by atoms with van der Waals surface area (Å²) in [5, 5.41) is 12.3. The fraction of sp³-hybridized carbons (Fsp3) is 0.833. The van der Waals surface area contributed by atoms with E-state index in [2.05, 4.69) is 5.32 Å². The molecule has 2 N–H and O–H groups in total. The summed E-state index contributed by atoms with van der Waals surface area (Å²) < 4.78 is 0. The van der Waals surface area contributed by atoms with Crippen molar-refractivity contribution in [2.24, 2.45) is 11.8 Å². The number of amides is 1. The first-order chi connectivity index (χ1) is 8.09. The van der Waals surface area contributed by atoms with E-state index in [4.69, 9.17) is 5.11 Å². The number of piperidine rings is 1. The number of carboxylic acid groups (broad SMARTS) is 1. The molecule has 0 radical (unpaired) electrons. The zero-order chi connectivity index (χ0) is 12.4. The number of carbonyl (C=O) groups excluding carboxylic acids is 1. The Morgan fingerprint density at radius 1 is 1.29 bits per heavy atom. The molecule has 0 aromatic rings. The van der Waals surface area contributed by atoms with E-state index in [-0.39, 0.29) is 17.9 Å². The van der Waals surface area contributed by atoms with Crippen LogP contribution in [-0.4, -0.2) is 47.6 Å². The molecule has 2 aliphatic heterocycles. The molecule has 0 aromatic carbocycles. The normalized spacial score (nSPS) is 33.7. The lowest BCUT2D eigenvalue weighted by Gasteiger charge is -2.27. The van der Waals surface area contributed by atoms with Crippen molar-refractivity contribution >= 4 is 11.9 Å². The highest BCUT2D eigenvalue weighted by Crippen LogP contribution is 2.24. The van der Waals surface area contributed by atoms with E-state index in [9.17, 15) is 9.59 Å². The van der Waals surface area contributed by atoms with Crippen molar-refractivity contribution in [1.82, 2.24) is 10.2 Å². The van der Waals surface area contributed by atoms with Gasteiger partial charge in [0.2, 0.25) is 5.91 Å². The number of nitrogens with one attached hydrogen (secondary N) is 1. The predicted octanol–water partition coefficient (Wildman–Crippen LogP) is 0.308. The highest BCUT2D eigenvalue weighted by atomic mass is 16.4. The van der Waals surface area contributed by atoms with Gasteiger partial charge in [-0.3, -0.25) is 9.59 Å². The summed E-state index contributed by atoms with van der Waals surface area (Å²) in [6, 6.07) is -0.0940. The van der Waals surface area contributed by atoms with E-state index in [1.165, 1.54) is 0 Å². The van der Waals surface area contributed by atoms with E-state index in [0.29, 0.717) is 13.1 Å². The molecule has 2 saturated heterocycles. The largest absolute Gasteiger partial charge is 0.481 e. The average molecular weight is 240 g/mol. The predicted molar refractivity (Wildman–Crippen MR) is 62.5 cm³/mol. The van der Waals surface area contributed by atoms with Gasteiger partial charge in [-0.05, 0) is 25.3 Å². The molecular weight excluding hydrogens is 220 g/mol. The maximum atomic E-state index is 12.2. The molecule has 5 nitrogen and oxygen atoms in total. The Labute approximate surface area is 101 Å². The van der Waals surface area contributed by atoms with Gasteiger partial charge in [0.1, 0.15) is 0 Å². The Hall–Kier alpha value is -1.10. The molecule has 2 fully saturated rings. The van der Waals surface area contributed by atoms with Gasteiger partial charge >= 0.3 is 5.97 Å². The first kappa shape index (κ1) is 12.4. The number of nitrogens with zero attached hydrogens (tertiary/aromatic N) is 1. The van der Waals surface area contributed by atoms with Crippen molar-refractivity contribution in [3.8, 4) is 0 Å². The monoisotopic (exact) mass is 240 g/mol. The quantitative estimate of drug-likeness (QED) is 0.728. The second kappa shape index (κ2) is 5.04. The van der Waals surface area contributed by atoms with Crippen LogP contribution in [0.5, 0.6) is 0 Å². The third-order valence-corrected chi connectivity index (χ3v) is 3.85. The Morgan fingerprint density at radius 2 is 2.06 bits per heavy atom. The molecular formula is C12H20N2O3. The first-order valence-corrected chi connectivity index (χ1v) is 6.34. The minimum Gasteiger partial charge on any atom is -0.481 e. The van der Waals surface area contributed by atoms with Crippen LogP contribution in [0.2, 0.25) is 0 Å². The Kier molecular flexibility index (Phi) is 3.66. The molecule has 0 spiro atoms. The molecule has 2 aliphatic rings. The number of hydrogen-bond acceptors (Lipinski definition) is 3. The van der Waals surface area contributed by atoms with Crippen LogP contribution in [0.25, 0.3) is 0 Å². The van der Waals surface area contributed by atoms with Crippen molar-refractivity contribution in [1.29, 1.82) is 0 Å². The third kappa shape index (κ3) is 2.60. The zero-order valence-corrected chi connectivity index (χ0v) is 10.2. The number of aliphatic carboxylic acids is 1. The third-order valence-electron chi connectivity index (χ3n) is 3.85. The van der Waals surface area contributed by atoms with Gasteiger partial charge < -0.3 is 15.3 Å². The van der Waals surface area contributed by atoms with Crippen molar-refractivity contribution in [2.75, 3.05) is 19.6 Å². The smallest absolute Gasteiger partial charge is 0.308 e. The lowest BCUT2D eigenvalue weighted by molar-refractivity contribution is -0.142. The second-order valence-electron chi connectivity index (χ2n) is 5.17. The molecule has 3 atom stereocenters. The molecule has 2 unspecified atom stereocenters. The number of carbonyl (C=O) groups is 2. The number of likely N-dealkylation sites (tertiary alicyclic amines) is 1. The summed E-state index contributed by atoms with van der Waals surface area (Å²) in [6.45, 7) is 3.74. The van der Waals surface area contributed by atoms with E-state index in [1.54, 1.807) is 4.90 Å². The topological polar surface area (TPSA) is 69.6 Å². The van der Waals surface area contributed by atoms with Crippen LogP contribution >= 0.6 is 0 Å². The van der Waals surface area contributed by atoms with Gasteiger partial charge in [-0.15, -0.1) is 0 Å². The molecule has 0 aromatic heterocycles. The Balaban J connectivity index is 1.94. The van der Waals surface area contributed by atoms with E-state index in [1.807, 2.05) is 6.92 Å². The Morgan fingerprint density at radius 3 is 2.59 bits per heavy atom. The van der Waals surface area contributed by atoms with Crippen LogP contribution in [0, 0.1) is 11.8 Å². The van der Waals surface area contributed by atoms with Crippen molar-refractivity contribution < 1.29 is 14.7 Å². The summed E-state index contributed by atoms with van der Waals surface area (Å²) in [6.07, 6.45) is 3.08. The van der Waals surface area contributed by atoms with Crippen LogP contribution in [0.15, 0.2) is 0 Å². The van der Waals surface area contributed by atoms with Gasteiger partial charge in [0.25, 0.3) is 0 Å². The molecule has 0 saturated carbocycles. The fourth-order valence-electron chi connectivity index (χ4n) is 2.75. The molecule has 1 amide bonds. The van der Waals surface area contributed by atoms with Crippen LogP contribution in [-0.2, 0) is 9.59 Å².